The topological polar surface area (TPSA) is 157 Å². The average Bonchev–Trinajstić information content (AvgIpc) is 3.46. The molecule has 1 aliphatic heterocycles. The van der Waals surface area contributed by atoms with Crippen LogP contribution in [0.2, 0.25) is 25.7 Å². The van der Waals surface area contributed by atoms with E-state index in [1.54, 1.807) is 62.4 Å². The number of esters is 2. The van der Waals surface area contributed by atoms with Crippen LogP contribution in [0, 0.1) is 5.92 Å². The van der Waals surface area contributed by atoms with Crippen molar-refractivity contribution >= 4 is 46.1 Å². The second-order valence-electron chi connectivity index (χ2n) is 14.3. The van der Waals surface area contributed by atoms with Gasteiger partial charge in [-0.1, -0.05) is 68.1 Å². The number of nitrogens with zero attached hydrogens (tertiary/aromatic N) is 3. The van der Waals surface area contributed by atoms with Gasteiger partial charge in [-0.05, 0) is 77.0 Å². The van der Waals surface area contributed by atoms with Gasteiger partial charge in [0, 0.05) is 43.7 Å². The molecule has 1 aliphatic rings. The smallest absolute Gasteiger partial charge is 0.342 e. The molecule has 54 heavy (non-hydrogen) atoms. The highest BCUT2D eigenvalue weighted by molar-refractivity contribution is 8.40. The van der Waals surface area contributed by atoms with Crippen molar-refractivity contribution in [2.24, 2.45) is 11.0 Å². The summed E-state index contributed by atoms with van der Waals surface area (Å²) >= 11 is 1.09. The molecule has 0 aromatic heterocycles. The van der Waals surface area contributed by atoms with E-state index in [9.17, 15) is 9.59 Å². The van der Waals surface area contributed by atoms with Crippen LogP contribution in [-0.4, -0.2) is 85.2 Å². The quantitative estimate of drug-likeness (QED) is 0.0101. The summed E-state index contributed by atoms with van der Waals surface area (Å²) in [5.74, 6) is -1.57. The summed E-state index contributed by atoms with van der Waals surface area (Å²) in [6.07, 6.45) is 5.29. The third kappa shape index (κ3) is 15.0. The summed E-state index contributed by atoms with van der Waals surface area (Å²) in [5, 5.41) is 3.53. The Hall–Kier alpha value is -3.39. The predicted molar refractivity (Wildman–Crippen MR) is 216 cm³/mol. The second-order valence-corrected chi connectivity index (χ2v) is 20.8. The summed E-state index contributed by atoms with van der Waals surface area (Å²) in [6.45, 7) is 14.4. The number of rotatable bonds is 23. The number of azide groups is 1. The first-order valence-corrected chi connectivity index (χ1v) is 23.4. The first kappa shape index (κ1) is 43.3. The molecule has 2 aromatic carbocycles. The van der Waals surface area contributed by atoms with Crippen LogP contribution in [0.25, 0.3) is 16.5 Å². The SMILES string of the molecule is [3H]PSO[C@@H](C)[C@H](C)/C=C\C(OC(=O)c1ccccc1)C1OC(C)(C)O[C@@H]1C/C=C/c1cc(OCCN=[N+]=[N-])cc(OCOC)c1C(=O)OCC[Si](C)(C)C. The van der Waals surface area contributed by atoms with E-state index in [1.165, 1.54) is 7.11 Å². The number of hydrogen-bond acceptors (Lipinski definition) is 12. The summed E-state index contributed by atoms with van der Waals surface area (Å²) < 4.78 is 54.6. The van der Waals surface area contributed by atoms with Gasteiger partial charge in [-0.3, -0.25) is 0 Å². The van der Waals surface area contributed by atoms with E-state index in [-0.39, 0.29) is 58.3 Å². The van der Waals surface area contributed by atoms with Crippen molar-refractivity contribution in [3.63, 3.8) is 0 Å². The predicted octanol–water partition coefficient (Wildman–Crippen LogP) is 9.04. The average molecular weight is 806 g/mol. The van der Waals surface area contributed by atoms with Crippen LogP contribution in [0.1, 0.15) is 60.4 Å². The van der Waals surface area contributed by atoms with Crippen LogP contribution in [0.4, 0.5) is 0 Å². The fourth-order valence-corrected chi connectivity index (χ4v) is 6.79. The zero-order chi connectivity index (χ0) is 40.4. The summed E-state index contributed by atoms with van der Waals surface area (Å²) in [6, 6.07) is 12.8. The van der Waals surface area contributed by atoms with Crippen molar-refractivity contribution in [2.45, 2.75) is 90.0 Å². The molecule has 0 radical (unpaired) electrons. The van der Waals surface area contributed by atoms with Gasteiger partial charge in [0.1, 0.15) is 29.3 Å². The van der Waals surface area contributed by atoms with E-state index in [1.807, 2.05) is 32.1 Å². The minimum absolute atomic E-state index is 0.0740. The third-order valence-corrected chi connectivity index (χ3v) is 10.7. The number of methoxy groups -OCH3 is 1. The van der Waals surface area contributed by atoms with Crippen LogP contribution >= 0.6 is 20.0 Å². The minimum Gasteiger partial charge on any atom is -0.493 e. The zero-order valence-electron chi connectivity index (χ0n) is 33.3. The number of carbonyl (C=O) groups is 2. The molecule has 16 heteroatoms. The molecule has 2 aromatic rings. The molecule has 1 saturated heterocycles. The molecular weight excluding hydrogens is 750 g/mol. The van der Waals surface area contributed by atoms with Crippen LogP contribution in [0.15, 0.2) is 65.8 Å². The Labute approximate surface area is 327 Å². The maximum absolute atomic E-state index is 13.7. The summed E-state index contributed by atoms with van der Waals surface area (Å²) in [7, 11) is -0.174. The fraction of sp³-hybridized carbons (Fsp3) is 0.526. The summed E-state index contributed by atoms with van der Waals surface area (Å²) in [5.41, 5.74) is 9.74. The number of ether oxygens (including phenoxy) is 7. The number of carbonyl (C=O) groups excluding carboxylic acids is 2. The van der Waals surface area contributed by atoms with Gasteiger partial charge in [0.2, 0.25) is 0 Å². The molecule has 0 amide bonds. The molecule has 0 spiro atoms. The Bertz CT molecular complexity index is 1640. The molecule has 1 fully saturated rings. The lowest BCUT2D eigenvalue weighted by atomic mass is 9.99. The summed E-state index contributed by atoms with van der Waals surface area (Å²) in [4.78, 5) is 29.8. The molecule has 3 unspecified atom stereocenters. The molecule has 0 N–H and O–H groups in total. The van der Waals surface area contributed by atoms with Gasteiger partial charge in [0.25, 0.3) is 0 Å². The highest BCUT2D eigenvalue weighted by atomic mass is 32.7. The lowest BCUT2D eigenvalue weighted by molar-refractivity contribution is -0.152. The Kier molecular flexibility index (Phi) is 17.8. The minimum atomic E-state index is -1.49. The molecule has 13 nitrogen and oxygen atoms in total. The van der Waals surface area contributed by atoms with E-state index in [0.717, 1.165) is 17.7 Å². The molecular formula is C38H54N3O10PSSi. The van der Waals surface area contributed by atoms with Gasteiger partial charge < -0.3 is 37.3 Å². The first-order chi connectivity index (χ1) is 26.2. The maximum atomic E-state index is 13.7. The van der Waals surface area contributed by atoms with Crippen LogP contribution in [0.3, 0.4) is 0 Å². The Morgan fingerprint density at radius 3 is 2.56 bits per heavy atom. The van der Waals surface area contributed by atoms with E-state index in [2.05, 4.69) is 29.7 Å². The molecule has 0 aliphatic carbocycles. The third-order valence-electron chi connectivity index (χ3n) is 8.26. The van der Waals surface area contributed by atoms with Crippen LogP contribution in [-0.2, 0) is 27.9 Å². The highest BCUT2D eigenvalue weighted by Gasteiger charge is 2.45. The van der Waals surface area contributed by atoms with Crippen molar-refractivity contribution in [1.29, 1.82) is 1.28 Å². The lowest BCUT2D eigenvalue weighted by Crippen LogP contribution is -2.37. The van der Waals surface area contributed by atoms with Gasteiger partial charge in [0.05, 0.1) is 38.8 Å². The maximum Gasteiger partial charge on any atom is 0.342 e. The van der Waals surface area contributed by atoms with Crippen LogP contribution < -0.4 is 9.47 Å². The van der Waals surface area contributed by atoms with Gasteiger partial charge >= 0.3 is 11.9 Å². The Balaban J connectivity index is 1.99. The van der Waals surface area contributed by atoms with E-state index in [4.69, 9.17) is 44.2 Å². The van der Waals surface area contributed by atoms with Gasteiger partial charge in [0.15, 0.2) is 12.6 Å². The number of hydrogen-bond donors (Lipinski definition) is 0. The molecule has 296 valence electrons. The molecule has 1 heterocycles. The fourth-order valence-electron chi connectivity index (χ4n) is 5.29. The van der Waals surface area contributed by atoms with E-state index < -0.39 is 44.1 Å². The van der Waals surface area contributed by atoms with Crippen LogP contribution in [0.5, 0.6) is 11.5 Å². The normalized spacial score (nSPS) is 19.0. The Morgan fingerprint density at radius 1 is 1.11 bits per heavy atom. The van der Waals surface area contributed by atoms with Crippen molar-refractivity contribution in [1.82, 2.24) is 0 Å². The van der Waals surface area contributed by atoms with Gasteiger partial charge in [-0.25, -0.2) is 9.59 Å². The Morgan fingerprint density at radius 2 is 1.87 bits per heavy atom. The van der Waals surface area contributed by atoms with Gasteiger partial charge in [-0.15, -0.1) is 0 Å². The second kappa shape index (κ2) is 22.2. The molecule has 3 rings (SSSR count). The van der Waals surface area contributed by atoms with E-state index >= 15 is 0 Å². The van der Waals surface area contributed by atoms with Crippen molar-refractivity contribution < 1.29 is 46.9 Å². The lowest BCUT2D eigenvalue weighted by Gasteiger charge is -2.25. The van der Waals surface area contributed by atoms with Crippen molar-refractivity contribution in [3.05, 3.63) is 87.8 Å². The first-order valence-electron chi connectivity index (χ1n) is 18.2. The molecule has 0 bridgehead atoms. The zero-order valence-corrected chi connectivity index (χ0v) is 35.1. The standard InChI is InChI=1S/C38H54N3O10PSSi/c1-26(27(2)51-53-52)17-18-31(48-36(42)28-13-10-9-11-14-28)35-32(49-38(3,4)50-35)16-12-15-29-23-30(45-20-19-40-41-39)24-33(47-25-44-5)34(29)37(43)46-21-22-54(6,7)8/h9-15,17-18,23-24,26-27,31-32,35H,16,19-22,25,52H2,1-8H3/b15-12+,18-17-/t26-,27+,31?,32-,35?/m1/s1/i52T/t26-,27+,31?,32-,35?,52?. The number of benzene rings is 2. The van der Waals surface area contributed by atoms with Gasteiger partial charge in [-0.2, -0.15) is 0 Å². The molecule has 6 atom stereocenters. The van der Waals surface area contributed by atoms with E-state index in [0.29, 0.717) is 23.3 Å². The van der Waals surface area contributed by atoms with Crippen molar-refractivity contribution in [3.8, 4) is 11.5 Å². The highest BCUT2D eigenvalue weighted by Crippen LogP contribution is 2.36. The monoisotopic (exact) mass is 805 g/mol. The van der Waals surface area contributed by atoms with Crippen molar-refractivity contribution in [2.75, 3.05) is 33.7 Å². The molecule has 0 saturated carbocycles. The largest absolute Gasteiger partial charge is 0.493 e.